The van der Waals surface area contributed by atoms with Crippen LogP contribution in [-0.2, 0) is 4.79 Å². The molecule has 0 spiro atoms. The predicted molar refractivity (Wildman–Crippen MR) is 47.5 cm³/mol. The molecule has 0 unspecified atom stereocenters. The molecule has 1 aliphatic heterocycles. The number of hydrogen-bond donors (Lipinski definition) is 0. The van der Waals surface area contributed by atoms with Crippen LogP contribution < -0.4 is 0 Å². The highest BCUT2D eigenvalue weighted by Gasteiger charge is 2.23. The summed E-state index contributed by atoms with van der Waals surface area (Å²) in [6.45, 7) is 0. The molecule has 0 atom stereocenters. The molecule has 1 heterocycles. The zero-order chi connectivity index (χ0) is 8.39. The van der Waals surface area contributed by atoms with Crippen molar-refractivity contribution in [2.75, 3.05) is 0 Å². The van der Waals surface area contributed by atoms with Gasteiger partial charge in [0.25, 0.3) is 0 Å². The fourth-order valence-corrected chi connectivity index (χ4v) is 1.91. The van der Waals surface area contributed by atoms with E-state index < -0.39 is 0 Å². The van der Waals surface area contributed by atoms with Crippen molar-refractivity contribution < 1.29 is 4.79 Å². The molecular weight excluding hydrogens is 152 g/mol. The van der Waals surface area contributed by atoms with Gasteiger partial charge >= 0.3 is 0 Å². The molecule has 0 aromatic heterocycles. The molecule has 0 saturated heterocycles. The highest BCUT2D eigenvalue weighted by molar-refractivity contribution is 6.33. The van der Waals surface area contributed by atoms with Crippen molar-refractivity contribution in [1.29, 1.82) is 0 Å². The lowest BCUT2D eigenvalue weighted by atomic mass is 9.97. The fourth-order valence-electron chi connectivity index (χ4n) is 1.91. The van der Waals surface area contributed by atoms with Gasteiger partial charge in [-0.25, -0.2) is 0 Å². The highest BCUT2D eigenvalue weighted by atomic mass is 16.1. The second-order valence-electron chi connectivity index (χ2n) is 3.46. The van der Waals surface area contributed by atoms with Crippen LogP contribution in [0.5, 0.6) is 0 Å². The molecule has 0 N–H and O–H groups in total. The van der Waals surface area contributed by atoms with Crippen LogP contribution >= 0.6 is 0 Å². The van der Waals surface area contributed by atoms with Gasteiger partial charge in [0, 0.05) is 0 Å². The van der Waals surface area contributed by atoms with Crippen LogP contribution in [0.2, 0.25) is 0 Å². The minimum atomic E-state index is 0.104. The number of carbonyl (C=O) groups is 1. The summed E-state index contributed by atoms with van der Waals surface area (Å²) >= 11 is 0. The van der Waals surface area contributed by atoms with E-state index in [0.717, 1.165) is 5.71 Å². The van der Waals surface area contributed by atoms with E-state index in [4.69, 9.17) is 0 Å². The number of carbonyl (C=O) groups excluding carboxylic acids is 1. The Hall–Kier alpha value is -0.990. The maximum atomic E-state index is 11.0. The minimum absolute atomic E-state index is 0.104. The number of hydrogen-bond acceptors (Lipinski definition) is 3. The zero-order valence-electron chi connectivity index (χ0n) is 6.99. The van der Waals surface area contributed by atoms with Gasteiger partial charge in [-0.15, -0.1) is 0 Å². The van der Waals surface area contributed by atoms with Gasteiger partial charge in [0.1, 0.15) is 0 Å². The smallest absolute Gasteiger partial charge is 0.181 e. The van der Waals surface area contributed by atoms with Crippen LogP contribution in [0.1, 0.15) is 32.1 Å². The Bertz CT molecular complexity index is 249. The normalized spacial score (nSPS) is 24.7. The van der Waals surface area contributed by atoms with Gasteiger partial charge in [-0.05, 0) is 18.8 Å². The Kier molecular flexibility index (Phi) is 2.02. The Morgan fingerprint density at radius 3 is 2.75 bits per heavy atom. The lowest BCUT2D eigenvalue weighted by molar-refractivity contribution is -0.111. The zero-order valence-corrected chi connectivity index (χ0v) is 6.99. The predicted octanol–water partition coefficient (Wildman–Crippen LogP) is 1.58. The first-order valence-corrected chi connectivity index (χ1v) is 4.49. The lowest BCUT2D eigenvalue weighted by Crippen LogP contribution is -2.19. The molecule has 2 aliphatic rings. The van der Waals surface area contributed by atoms with Crippen molar-refractivity contribution in [2.45, 2.75) is 32.1 Å². The summed E-state index contributed by atoms with van der Waals surface area (Å²) in [5.41, 5.74) is 1.01. The molecule has 2 rings (SSSR count). The molecular formula is C9H12N2O. The first-order chi connectivity index (χ1) is 5.86. The fraction of sp³-hybridized carbons (Fsp3) is 0.667. The summed E-state index contributed by atoms with van der Waals surface area (Å²) in [5.74, 6) is 0.651. The van der Waals surface area contributed by atoms with E-state index in [1.54, 1.807) is 0 Å². The van der Waals surface area contributed by atoms with E-state index in [2.05, 4.69) is 10.2 Å². The molecule has 12 heavy (non-hydrogen) atoms. The Balaban J connectivity index is 2.07. The van der Waals surface area contributed by atoms with Crippen molar-refractivity contribution in [1.82, 2.24) is 0 Å². The quantitative estimate of drug-likeness (QED) is 0.580. The summed E-state index contributed by atoms with van der Waals surface area (Å²) in [6.07, 6.45) is 6.78. The minimum Gasteiger partial charge on any atom is -0.293 e. The van der Waals surface area contributed by atoms with Crippen molar-refractivity contribution in [3.63, 3.8) is 0 Å². The third-order valence-electron chi connectivity index (χ3n) is 2.57. The number of Topliss-reactive ketones (excluding diaryl/α,β-unsaturated/α-hetero) is 1. The Morgan fingerprint density at radius 1 is 1.33 bits per heavy atom. The van der Waals surface area contributed by atoms with E-state index in [1.807, 2.05) is 0 Å². The van der Waals surface area contributed by atoms with Crippen LogP contribution in [-0.4, -0.2) is 17.7 Å². The first kappa shape index (κ1) is 7.65. The first-order valence-electron chi connectivity index (χ1n) is 4.49. The summed E-state index contributed by atoms with van der Waals surface area (Å²) in [4.78, 5) is 11.0. The molecule has 3 heteroatoms. The monoisotopic (exact) mass is 164 g/mol. The van der Waals surface area contributed by atoms with E-state index in [0.29, 0.717) is 12.3 Å². The summed E-state index contributed by atoms with van der Waals surface area (Å²) < 4.78 is 0. The van der Waals surface area contributed by atoms with E-state index in [9.17, 15) is 4.79 Å². The molecule has 1 fully saturated rings. The SMILES string of the molecule is O=C1C=NN=C(C2CCCC2)C1. The summed E-state index contributed by atoms with van der Waals surface area (Å²) in [6, 6.07) is 0. The third-order valence-corrected chi connectivity index (χ3v) is 2.57. The van der Waals surface area contributed by atoms with Crippen LogP contribution in [0.4, 0.5) is 0 Å². The maximum Gasteiger partial charge on any atom is 0.181 e. The molecule has 0 radical (unpaired) electrons. The average Bonchev–Trinajstić information content (AvgIpc) is 2.56. The Morgan fingerprint density at radius 2 is 2.08 bits per heavy atom. The van der Waals surface area contributed by atoms with Gasteiger partial charge in [0.2, 0.25) is 0 Å². The second kappa shape index (κ2) is 3.17. The van der Waals surface area contributed by atoms with Crippen LogP contribution in [0.25, 0.3) is 0 Å². The van der Waals surface area contributed by atoms with Gasteiger partial charge in [-0.2, -0.15) is 10.2 Å². The second-order valence-corrected chi connectivity index (χ2v) is 3.46. The molecule has 0 aromatic carbocycles. The van der Waals surface area contributed by atoms with Gasteiger partial charge in [-0.3, -0.25) is 4.79 Å². The number of rotatable bonds is 1. The largest absolute Gasteiger partial charge is 0.293 e. The van der Waals surface area contributed by atoms with Crippen molar-refractivity contribution in [3.05, 3.63) is 0 Å². The number of nitrogens with zero attached hydrogens (tertiary/aromatic N) is 2. The molecule has 0 amide bonds. The van der Waals surface area contributed by atoms with Crippen LogP contribution in [0.3, 0.4) is 0 Å². The molecule has 1 saturated carbocycles. The van der Waals surface area contributed by atoms with Crippen LogP contribution in [0, 0.1) is 5.92 Å². The number of ketones is 1. The van der Waals surface area contributed by atoms with Crippen molar-refractivity contribution >= 4 is 17.7 Å². The van der Waals surface area contributed by atoms with Crippen LogP contribution in [0.15, 0.2) is 10.2 Å². The highest BCUT2D eigenvalue weighted by Crippen LogP contribution is 2.27. The third kappa shape index (κ3) is 1.44. The molecule has 0 aromatic rings. The van der Waals surface area contributed by atoms with E-state index in [-0.39, 0.29) is 5.78 Å². The summed E-state index contributed by atoms with van der Waals surface area (Å²) in [5, 5.41) is 7.72. The Labute approximate surface area is 71.6 Å². The topological polar surface area (TPSA) is 41.8 Å². The molecule has 0 bridgehead atoms. The average molecular weight is 164 g/mol. The molecule has 1 aliphatic carbocycles. The summed E-state index contributed by atoms with van der Waals surface area (Å²) in [7, 11) is 0. The van der Waals surface area contributed by atoms with Crippen molar-refractivity contribution in [3.8, 4) is 0 Å². The standard InChI is InChI=1S/C9H12N2O/c12-8-5-9(11-10-6-8)7-3-1-2-4-7/h6-7H,1-5H2. The molecule has 64 valence electrons. The maximum absolute atomic E-state index is 11.0. The van der Waals surface area contributed by atoms with Gasteiger partial charge in [-0.1, -0.05) is 12.8 Å². The van der Waals surface area contributed by atoms with Gasteiger partial charge < -0.3 is 0 Å². The lowest BCUT2D eigenvalue weighted by Gasteiger charge is -2.11. The van der Waals surface area contributed by atoms with Gasteiger partial charge in [0.05, 0.1) is 18.3 Å². The van der Waals surface area contributed by atoms with Gasteiger partial charge in [0.15, 0.2) is 5.78 Å². The van der Waals surface area contributed by atoms with E-state index >= 15 is 0 Å². The van der Waals surface area contributed by atoms with E-state index in [1.165, 1.54) is 31.9 Å². The molecule has 3 nitrogen and oxygen atoms in total. The van der Waals surface area contributed by atoms with Crippen molar-refractivity contribution in [2.24, 2.45) is 16.1 Å².